The van der Waals surface area contributed by atoms with E-state index in [1.54, 1.807) is 6.07 Å². The number of benzene rings is 1. The number of nitrogens with one attached hydrogen (secondary N) is 1. The van der Waals surface area contributed by atoms with Gasteiger partial charge in [0.25, 0.3) is 0 Å². The number of morpholine rings is 1. The third-order valence-electron chi connectivity index (χ3n) is 3.75. The maximum Gasteiger partial charge on any atom is 0.180 e. The molecule has 1 saturated heterocycles. The number of halogens is 1. The fourth-order valence-electron chi connectivity index (χ4n) is 2.62. The molecule has 7 heteroatoms. The fraction of sp³-hybridized carbons (Fsp3) is 0.467. The minimum Gasteiger partial charge on any atom is -0.387 e. The van der Waals surface area contributed by atoms with E-state index in [0.717, 1.165) is 17.9 Å². The van der Waals surface area contributed by atoms with E-state index in [2.05, 4.69) is 20.1 Å². The van der Waals surface area contributed by atoms with E-state index in [1.165, 1.54) is 0 Å². The van der Waals surface area contributed by atoms with Gasteiger partial charge in [-0.1, -0.05) is 29.8 Å². The predicted molar refractivity (Wildman–Crippen MR) is 82.7 cm³/mol. The number of hydrogen-bond donors (Lipinski definition) is 2. The van der Waals surface area contributed by atoms with Gasteiger partial charge >= 0.3 is 0 Å². The molecule has 0 amide bonds. The van der Waals surface area contributed by atoms with Crippen molar-refractivity contribution in [2.24, 2.45) is 0 Å². The van der Waals surface area contributed by atoms with Crippen LogP contribution in [-0.2, 0) is 4.74 Å². The first-order chi connectivity index (χ1) is 10.6. The lowest BCUT2D eigenvalue weighted by Gasteiger charge is -2.33. The highest BCUT2D eigenvalue weighted by Crippen LogP contribution is 2.25. The molecular weight excluding hydrogens is 304 g/mol. The van der Waals surface area contributed by atoms with Crippen molar-refractivity contribution in [1.29, 1.82) is 0 Å². The molecule has 1 aliphatic heterocycles. The van der Waals surface area contributed by atoms with Crippen LogP contribution in [0, 0.1) is 6.92 Å². The molecule has 2 aromatic rings. The summed E-state index contributed by atoms with van der Waals surface area (Å²) in [5.41, 5.74) is 0.751. The number of ether oxygens (including phenoxy) is 1. The summed E-state index contributed by atoms with van der Waals surface area (Å²) in [5, 5.41) is 18.0. The van der Waals surface area contributed by atoms with Gasteiger partial charge in [0.15, 0.2) is 5.82 Å². The molecule has 1 aromatic carbocycles. The summed E-state index contributed by atoms with van der Waals surface area (Å²) in [5.74, 6) is 1.43. The Morgan fingerprint density at radius 3 is 3.05 bits per heavy atom. The quantitative estimate of drug-likeness (QED) is 0.899. The van der Waals surface area contributed by atoms with Gasteiger partial charge in [0.1, 0.15) is 11.9 Å². The van der Waals surface area contributed by atoms with Gasteiger partial charge in [-0.05, 0) is 13.0 Å². The van der Waals surface area contributed by atoms with E-state index in [1.807, 2.05) is 25.1 Å². The van der Waals surface area contributed by atoms with Crippen molar-refractivity contribution in [3.05, 3.63) is 46.5 Å². The Bertz CT molecular complexity index is 634. The number of nitrogens with zero attached hydrogens (tertiary/aromatic N) is 3. The van der Waals surface area contributed by atoms with Gasteiger partial charge in [-0.2, -0.15) is 5.10 Å². The Labute approximate surface area is 134 Å². The molecule has 118 valence electrons. The SMILES string of the molecule is Cc1nc([C@@H]2CN(C[C@H](O)c3ccccc3Cl)CCO2)n[nH]1. The number of aromatic amines is 1. The summed E-state index contributed by atoms with van der Waals surface area (Å²) < 4.78 is 5.72. The number of β-amino-alcohol motifs (C(OH)–C–C–N with tert-alkyl or cyclic N) is 1. The van der Waals surface area contributed by atoms with E-state index in [4.69, 9.17) is 16.3 Å². The van der Waals surface area contributed by atoms with Gasteiger partial charge < -0.3 is 9.84 Å². The topological polar surface area (TPSA) is 74.3 Å². The molecule has 1 aromatic heterocycles. The zero-order valence-electron chi connectivity index (χ0n) is 12.4. The molecule has 0 aliphatic carbocycles. The van der Waals surface area contributed by atoms with Crippen molar-refractivity contribution < 1.29 is 9.84 Å². The first kappa shape index (κ1) is 15.4. The standard InChI is InChI=1S/C15H19ClN4O2/c1-10-17-15(19-18-10)14-9-20(6-7-22-14)8-13(21)11-4-2-3-5-12(11)16/h2-5,13-14,21H,6-9H2,1H3,(H,17,18,19)/t13-,14-/m0/s1. The van der Waals surface area contributed by atoms with E-state index >= 15 is 0 Å². The van der Waals surface area contributed by atoms with Crippen LogP contribution in [0.15, 0.2) is 24.3 Å². The summed E-state index contributed by atoms with van der Waals surface area (Å²) in [6, 6.07) is 7.38. The molecular formula is C15H19ClN4O2. The summed E-state index contributed by atoms with van der Waals surface area (Å²) in [7, 11) is 0. The maximum absolute atomic E-state index is 10.4. The zero-order valence-corrected chi connectivity index (χ0v) is 13.1. The third-order valence-corrected chi connectivity index (χ3v) is 4.09. The van der Waals surface area contributed by atoms with Crippen LogP contribution in [0.1, 0.15) is 29.4 Å². The average molecular weight is 323 g/mol. The predicted octanol–water partition coefficient (Wildman–Crippen LogP) is 1.87. The van der Waals surface area contributed by atoms with Crippen LogP contribution in [0.25, 0.3) is 0 Å². The lowest BCUT2D eigenvalue weighted by atomic mass is 10.1. The van der Waals surface area contributed by atoms with E-state index in [0.29, 0.717) is 30.5 Å². The lowest BCUT2D eigenvalue weighted by molar-refractivity contribution is -0.0460. The molecule has 0 radical (unpaired) electrons. The van der Waals surface area contributed by atoms with Crippen LogP contribution in [0.5, 0.6) is 0 Å². The Kier molecular flexibility index (Phi) is 4.73. The van der Waals surface area contributed by atoms with Crippen LogP contribution in [0.2, 0.25) is 5.02 Å². The van der Waals surface area contributed by atoms with Gasteiger partial charge in [0.2, 0.25) is 0 Å². The smallest absolute Gasteiger partial charge is 0.180 e. The van der Waals surface area contributed by atoms with E-state index in [-0.39, 0.29) is 6.10 Å². The van der Waals surface area contributed by atoms with Gasteiger partial charge in [-0.3, -0.25) is 10.00 Å². The van der Waals surface area contributed by atoms with Crippen LogP contribution in [-0.4, -0.2) is 51.4 Å². The molecule has 6 nitrogen and oxygen atoms in total. The molecule has 2 heterocycles. The summed E-state index contributed by atoms with van der Waals surface area (Å²) >= 11 is 6.14. The molecule has 0 bridgehead atoms. The Morgan fingerprint density at radius 2 is 2.32 bits per heavy atom. The van der Waals surface area contributed by atoms with E-state index < -0.39 is 6.10 Å². The molecule has 0 saturated carbocycles. The molecule has 1 fully saturated rings. The number of aliphatic hydroxyl groups excluding tert-OH is 1. The number of aromatic nitrogens is 3. The van der Waals surface area contributed by atoms with Gasteiger partial charge in [-0.25, -0.2) is 4.98 Å². The van der Waals surface area contributed by atoms with Crippen molar-refractivity contribution in [2.45, 2.75) is 19.1 Å². The molecule has 3 rings (SSSR count). The number of rotatable bonds is 4. The lowest BCUT2D eigenvalue weighted by Crippen LogP contribution is -2.40. The van der Waals surface area contributed by atoms with Gasteiger partial charge in [-0.15, -0.1) is 0 Å². The molecule has 2 N–H and O–H groups in total. The minimum absolute atomic E-state index is 0.169. The second-order valence-corrected chi connectivity index (χ2v) is 5.84. The number of aryl methyl sites for hydroxylation is 1. The van der Waals surface area contributed by atoms with Crippen LogP contribution < -0.4 is 0 Å². The zero-order chi connectivity index (χ0) is 15.5. The second kappa shape index (κ2) is 6.75. The van der Waals surface area contributed by atoms with Crippen LogP contribution >= 0.6 is 11.6 Å². The molecule has 2 atom stereocenters. The van der Waals surface area contributed by atoms with Crippen molar-refractivity contribution in [3.8, 4) is 0 Å². The number of H-pyrrole nitrogens is 1. The maximum atomic E-state index is 10.4. The van der Waals surface area contributed by atoms with Crippen LogP contribution in [0.4, 0.5) is 0 Å². The number of aliphatic hydroxyl groups is 1. The first-order valence-electron chi connectivity index (χ1n) is 7.29. The Balaban J connectivity index is 1.64. The molecule has 0 unspecified atom stereocenters. The Morgan fingerprint density at radius 1 is 1.50 bits per heavy atom. The normalized spacial score (nSPS) is 21.0. The molecule has 1 aliphatic rings. The number of hydrogen-bond acceptors (Lipinski definition) is 5. The fourth-order valence-corrected chi connectivity index (χ4v) is 2.88. The second-order valence-electron chi connectivity index (χ2n) is 5.44. The summed E-state index contributed by atoms with van der Waals surface area (Å²) in [6.07, 6.45) is -0.793. The Hall–Kier alpha value is -1.47. The highest BCUT2D eigenvalue weighted by molar-refractivity contribution is 6.31. The summed E-state index contributed by atoms with van der Waals surface area (Å²) in [4.78, 5) is 6.46. The van der Waals surface area contributed by atoms with Crippen molar-refractivity contribution >= 4 is 11.6 Å². The highest BCUT2D eigenvalue weighted by atomic mass is 35.5. The summed E-state index contributed by atoms with van der Waals surface area (Å²) in [6.45, 7) is 4.37. The van der Waals surface area contributed by atoms with Gasteiger partial charge in [0.05, 0.1) is 12.7 Å². The van der Waals surface area contributed by atoms with Crippen molar-refractivity contribution in [1.82, 2.24) is 20.1 Å². The largest absolute Gasteiger partial charge is 0.387 e. The average Bonchev–Trinajstić information content (AvgIpc) is 2.94. The highest BCUT2D eigenvalue weighted by Gasteiger charge is 2.26. The first-order valence-corrected chi connectivity index (χ1v) is 7.66. The third kappa shape index (κ3) is 3.47. The van der Waals surface area contributed by atoms with Crippen LogP contribution in [0.3, 0.4) is 0 Å². The monoisotopic (exact) mass is 322 g/mol. The molecule has 22 heavy (non-hydrogen) atoms. The van der Waals surface area contributed by atoms with Crippen molar-refractivity contribution in [2.75, 3.05) is 26.2 Å². The minimum atomic E-state index is -0.624. The molecule has 0 spiro atoms. The van der Waals surface area contributed by atoms with Crippen molar-refractivity contribution in [3.63, 3.8) is 0 Å². The van der Waals surface area contributed by atoms with Gasteiger partial charge in [0, 0.05) is 30.2 Å². The van der Waals surface area contributed by atoms with E-state index in [9.17, 15) is 5.11 Å².